The predicted molar refractivity (Wildman–Crippen MR) is 108 cm³/mol. The van der Waals surface area contributed by atoms with E-state index >= 15 is 0 Å². The van der Waals surface area contributed by atoms with Gasteiger partial charge in [0.1, 0.15) is 5.75 Å². The fourth-order valence-corrected chi connectivity index (χ4v) is 3.37. The average molecular weight is 385 g/mol. The summed E-state index contributed by atoms with van der Waals surface area (Å²) in [6.07, 6.45) is 3.19. The number of methoxy groups -OCH3 is 1. The Bertz CT molecular complexity index is 966. The summed E-state index contributed by atoms with van der Waals surface area (Å²) in [5.41, 5.74) is 3.51. The molecule has 4 nitrogen and oxygen atoms in total. The molecule has 1 aromatic heterocycles. The Kier molecular flexibility index (Phi) is 5.71. The first-order chi connectivity index (χ1) is 12.6. The van der Waals surface area contributed by atoms with Crippen LogP contribution in [-0.2, 0) is 4.79 Å². The van der Waals surface area contributed by atoms with E-state index in [9.17, 15) is 4.79 Å². The van der Waals surface area contributed by atoms with Gasteiger partial charge in [0, 0.05) is 27.6 Å². The largest absolute Gasteiger partial charge is 0.496 e. The number of benzene rings is 2. The van der Waals surface area contributed by atoms with Crippen LogP contribution in [-0.4, -0.2) is 18.0 Å². The van der Waals surface area contributed by atoms with Gasteiger partial charge in [-0.25, -0.2) is 4.98 Å². The number of aryl methyl sites for hydroxylation is 1. The normalized spacial score (nSPS) is 10.9. The molecule has 0 saturated heterocycles. The molecule has 0 fully saturated rings. The molecule has 0 aliphatic heterocycles. The van der Waals surface area contributed by atoms with Crippen LogP contribution in [0.1, 0.15) is 11.1 Å². The Morgan fingerprint density at radius 3 is 2.85 bits per heavy atom. The van der Waals surface area contributed by atoms with Crippen LogP contribution in [0.4, 0.5) is 5.13 Å². The zero-order chi connectivity index (χ0) is 18.5. The highest BCUT2D eigenvalue weighted by molar-refractivity contribution is 7.14. The van der Waals surface area contributed by atoms with Crippen LogP contribution in [0, 0.1) is 6.92 Å². The molecule has 3 aromatic rings. The summed E-state index contributed by atoms with van der Waals surface area (Å²) in [5, 5.41) is 5.78. The highest BCUT2D eigenvalue weighted by Crippen LogP contribution is 2.30. The second-order valence-electron chi connectivity index (χ2n) is 5.59. The van der Waals surface area contributed by atoms with Crippen LogP contribution >= 0.6 is 22.9 Å². The Hall–Kier alpha value is -2.63. The molecule has 1 heterocycles. The molecule has 3 rings (SSSR count). The molecule has 1 N–H and O–H groups in total. The van der Waals surface area contributed by atoms with Gasteiger partial charge in [-0.15, -0.1) is 11.3 Å². The summed E-state index contributed by atoms with van der Waals surface area (Å²) >= 11 is 7.54. The van der Waals surface area contributed by atoms with E-state index in [0.29, 0.717) is 10.2 Å². The number of nitrogens with zero attached hydrogens (tertiary/aromatic N) is 1. The quantitative estimate of drug-likeness (QED) is 0.596. The molecular weight excluding hydrogens is 368 g/mol. The molecule has 0 bridgehead atoms. The highest BCUT2D eigenvalue weighted by atomic mass is 35.5. The van der Waals surface area contributed by atoms with Gasteiger partial charge in [0.2, 0.25) is 5.91 Å². The lowest BCUT2D eigenvalue weighted by Crippen LogP contribution is -2.07. The number of carbonyl (C=O) groups is 1. The fourth-order valence-electron chi connectivity index (χ4n) is 2.42. The number of nitrogens with one attached hydrogen (secondary N) is 1. The van der Waals surface area contributed by atoms with Gasteiger partial charge in [0.15, 0.2) is 5.13 Å². The second-order valence-corrected chi connectivity index (χ2v) is 6.85. The Morgan fingerprint density at radius 1 is 1.27 bits per heavy atom. The molecule has 2 aromatic carbocycles. The lowest BCUT2D eigenvalue weighted by Gasteiger charge is -2.05. The van der Waals surface area contributed by atoms with E-state index in [0.717, 1.165) is 28.1 Å². The van der Waals surface area contributed by atoms with Crippen LogP contribution in [0.2, 0.25) is 5.02 Å². The van der Waals surface area contributed by atoms with Gasteiger partial charge < -0.3 is 4.74 Å². The van der Waals surface area contributed by atoms with Gasteiger partial charge in [0.25, 0.3) is 0 Å². The summed E-state index contributed by atoms with van der Waals surface area (Å²) in [7, 11) is 1.61. The van der Waals surface area contributed by atoms with Crippen LogP contribution in [0.25, 0.3) is 17.3 Å². The lowest BCUT2D eigenvalue weighted by molar-refractivity contribution is -0.111. The van der Waals surface area contributed by atoms with Crippen molar-refractivity contribution in [3.05, 3.63) is 70.1 Å². The minimum atomic E-state index is -0.256. The minimum Gasteiger partial charge on any atom is -0.496 e. The van der Waals surface area contributed by atoms with Gasteiger partial charge >= 0.3 is 0 Å². The van der Waals surface area contributed by atoms with E-state index in [-0.39, 0.29) is 5.91 Å². The topological polar surface area (TPSA) is 51.2 Å². The monoisotopic (exact) mass is 384 g/mol. The summed E-state index contributed by atoms with van der Waals surface area (Å²) in [5.74, 6) is 0.462. The zero-order valence-corrected chi connectivity index (χ0v) is 15.9. The smallest absolute Gasteiger partial charge is 0.250 e. The van der Waals surface area contributed by atoms with Crippen molar-refractivity contribution >= 4 is 40.1 Å². The standard InChI is InChI=1S/C20H17ClN2O2S/c1-13-7-9-18(25-2)14(11-13)8-10-19(24)23-20-22-17(12-26-20)15-5-3-4-6-16(15)21/h3-12H,1-2H3,(H,22,23,24)/b10-8+. The van der Waals surface area contributed by atoms with Gasteiger partial charge in [-0.2, -0.15) is 0 Å². The van der Waals surface area contributed by atoms with Crippen LogP contribution in [0.5, 0.6) is 5.75 Å². The van der Waals surface area contributed by atoms with E-state index < -0.39 is 0 Å². The molecule has 0 spiro atoms. The number of hydrogen-bond donors (Lipinski definition) is 1. The van der Waals surface area contributed by atoms with E-state index in [4.69, 9.17) is 16.3 Å². The third-order valence-electron chi connectivity index (χ3n) is 3.68. The van der Waals surface area contributed by atoms with Crippen molar-refractivity contribution in [2.75, 3.05) is 12.4 Å². The molecule has 0 aliphatic rings. The zero-order valence-electron chi connectivity index (χ0n) is 14.3. The maximum atomic E-state index is 12.2. The maximum absolute atomic E-state index is 12.2. The molecule has 0 saturated carbocycles. The van der Waals surface area contributed by atoms with Crippen LogP contribution in [0.15, 0.2) is 53.9 Å². The third-order valence-corrected chi connectivity index (χ3v) is 4.77. The van der Waals surface area contributed by atoms with Crippen molar-refractivity contribution in [1.82, 2.24) is 4.98 Å². The van der Waals surface area contributed by atoms with Crippen molar-refractivity contribution < 1.29 is 9.53 Å². The lowest BCUT2D eigenvalue weighted by atomic mass is 10.1. The number of halogens is 1. The summed E-state index contributed by atoms with van der Waals surface area (Å²) in [6, 6.07) is 13.3. The highest BCUT2D eigenvalue weighted by Gasteiger charge is 2.09. The minimum absolute atomic E-state index is 0.256. The van der Waals surface area contributed by atoms with Crippen molar-refractivity contribution in [2.24, 2.45) is 0 Å². The molecule has 132 valence electrons. The molecular formula is C20H17ClN2O2S. The number of amides is 1. The molecule has 0 radical (unpaired) electrons. The SMILES string of the molecule is COc1ccc(C)cc1/C=C/C(=O)Nc1nc(-c2ccccc2Cl)cs1. The number of hydrogen-bond acceptors (Lipinski definition) is 4. The average Bonchev–Trinajstić information content (AvgIpc) is 3.08. The van der Waals surface area contributed by atoms with Crippen molar-refractivity contribution in [1.29, 1.82) is 0 Å². The van der Waals surface area contributed by atoms with E-state index in [1.165, 1.54) is 17.4 Å². The number of aromatic nitrogens is 1. The van der Waals surface area contributed by atoms with Gasteiger partial charge in [-0.3, -0.25) is 10.1 Å². The van der Waals surface area contributed by atoms with Gasteiger partial charge in [-0.05, 0) is 31.2 Å². The Morgan fingerprint density at radius 2 is 2.08 bits per heavy atom. The number of thiazole rings is 1. The number of carbonyl (C=O) groups excluding carboxylic acids is 1. The Labute approximate surface area is 161 Å². The first-order valence-electron chi connectivity index (χ1n) is 7.91. The van der Waals surface area contributed by atoms with Crippen molar-refractivity contribution in [2.45, 2.75) is 6.92 Å². The first-order valence-corrected chi connectivity index (χ1v) is 9.16. The summed E-state index contributed by atoms with van der Waals surface area (Å²) < 4.78 is 5.31. The van der Waals surface area contributed by atoms with Crippen molar-refractivity contribution in [3.63, 3.8) is 0 Å². The number of rotatable bonds is 5. The van der Waals surface area contributed by atoms with Gasteiger partial charge in [0.05, 0.1) is 12.8 Å². The summed E-state index contributed by atoms with van der Waals surface area (Å²) in [6.45, 7) is 1.99. The third kappa shape index (κ3) is 4.31. The number of ether oxygens (including phenoxy) is 1. The number of anilines is 1. The van der Waals surface area contributed by atoms with Gasteiger partial charge in [-0.1, -0.05) is 41.4 Å². The van der Waals surface area contributed by atoms with Crippen LogP contribution in [0.3, 0.4) is 0 Å². The first kappa shape index (κ1) is 18.2. The fraction of sp³-hybridized carbons (Fsp3) is 0.100. The Balaban J connectivity index is 1.71. The molecule has 0 atom stereocenters. The van der Waals surface area contributed by atoms with E-state index in [2.05, 4.69) is 10.3 Å². The predicted octanol–water partition coefficient (Wildman–Crippen LogP) is 5.43. The van der Waals surface area contributed by atoms with E-state index in [1.54, 1.807) is 13.2 Å². The van der Waals surface area contributed by atoms with E-state index in [1.807, 2.05) is 54.8 Å². The summed E-state index contributed by atoms with van der Waals surface area (Å²) in [4.78, 5) is 16.6. The molecule has 1 amide bonds. The molecule has 6 heteroatoms. The van der Waals surface area contributed by atoms with Crippen molar-refractivity contribution in [3.8, 4) is 17.0 Å². The molecule has 0 unspecified atom stereocenters. The molecule has 0 aliphatic carbocycles. The van der Waals surface area contributed by atoms with Crippen LogP contribution < -0.4 is 10.1 Å². The second kappa shape index (κ2) is 8.17. The maximum Gasteiger partial charge on any atom is 0.250 e. The molecule has 26 heavy (non-hydrogen) atoms.